The quantitative estimate of drug-likeness (QED) is 0.0796. The largest absolute Gasteiger partial charge is 0.491 e. The molecule has 2 aromatic rings. The summed E-state index contributed by atoms with van der Waals surface area (Å²) in [6, 6.07) is 14.0. The minimum Gasteiger partial charge on any atom is -0.491 e. The minimum absolute atomic E-state index is 0.130. The van der Waals surface area contributed by atoms with E-state index in [0.717, 1.165) is 41.8 Å². The van der Waals surface area contributed by atoms with Crippen LogP contribution in [0.5, 0.6) is 5.75 Å². The van der Waals surface area contributed by atoms with E-state index in [1.165, 1.54) is 84.8 Å². The fraction of sp³-hybridized carbons (Fsp3) is 0.571. The number of ether oxygens (including phenoxy) is 3. The van der Waals surface area contributed by atoms with Gasteiger partial charge < -0.3 is 24.4 Å². The van der Waals surface area contributed by atoms with Crippen LogP contribution in [0.1, 0.15) is 128 Å². The second-order valence-corrected chi connectivity index (χ2v) is 14.6. The number of hydrogen-bond donors (Lipinski definition) is 2. The summed E-state index contributed by atoms with van der Waals surface area (Å²) >= 11 is 4.92. The highest BCUT2D eigenvalue weighted by Gasteiger charge is 2.46. The van der Waals surface area contributed by atoms with Gasteiger partial charge in [-0.05, 0) is 57.4 Å². The Morgan fingerprint density at radius 1 is 0.804 bits per heavy atom. The molecule has 0 spiro atoms. The maximum Gasteiger partial charge on any atom is 0.338 e. The second kappa shape index (κ2) is 19.9. The van der Waals surface area contributed by atoms with Crippen LogP contribution in [0.25, 0.3) is 0 Å². The molecule has 0 aliphatic carbocycles. The number of carbonyl (C=O) groups is 2. The number of methoxy groups -OCH3 is 2. The van der Waals surface area contributed by atoms with Crippen molar-refractivity contribution in [1.29, 1.82) is 0 Å². The number of rotatable bonds is 20. The Bertz CT molecular complexity index is 1540. The zero-order valence-corrected chi connectivity index (χ0v) is 33.0. The van der Waals surface area contributed by atoms with Gasteiger partial charge in [-0.25, -0.2) is 9.59 Å². The molecular weight excluding hydrogens is 659 g/mol. The van der Waals surface area contributed by atoms with Crippen molar-refractivity contribution in [2.24, 2.45) is 0 Å². The van der Waals surface area contributed by atoms with Crippen molar-refractivity contribution in [3.05, 3.63) is 76.3 Å². The first-order valence-electron chi connectivity index (χ1n) is 19.1. The van der Waals surface area contributed by atoms with E-state index >= 15 is 0 Å². The number of nitrogens with zero attached hydrogens (tertiary/aromatic N) is 2. The summed E-state index contributed by atoms with van der Waals surface area (Å²) in [4.78, 5) is 31.9. The number of nitrogens with one attached hydrogen (secondary N) is 1. The average Bonchev–Trinajstić information content (AvgIpc) is 3.45. The first kappa shape index (κ1) is 40.2. The van der Waals surface area contributed by atoms with Crippen molar-refractivity contribution < 1.29 is 23.8 Å². The molecule has 0 bridgehead atoms. The number of unbranched alkanes of at least 4 members (excludes halogenated alkanes) is 12. The number of carbonyl (C=O) groups excluding carboxylic acids is 2. The molecule has 9 heteroatoms. The van der Waals surface area contributed by atoms with Crippen LogP contribution >= 0.6 is 12.6 Å². The molecular formula is C42H61N3O5S. The Kier molecular flexibility index (Phi) is 15.7. The molecule has 51 heavy (non-hydrogen) atoms. The van der Waals surface area contributed by atoms with Crippen molar-refractivity contribution in [3.63, 3.8) is 0 Å². The van der Waals surface area contributed by atoms with Crippen LogP contribution in [0.3, 0.4) is 0 Å². The van der Waals surface area contributed by atoms with Crippen LogP contribution in [0.2, 0.25) is 0 Å². The van der Waals surface area contributed by atoms with Gasteiger partial charge in [-0.2, -0.15) is 0 Å². The summed E-state index contributed by atoms with van der Waals surface area (Å²) in [7, 11) is 4.62. The number of benzene rings is 2. The van der Waals surface area contributed by atoms with Gasteiger partial charge in [-0.3, -0.25) is 4.90 Å². The predicted molar refractivity (Wildman–Crippen MR) is 211 cm³/mol. The summed E-state index contributed by atoms with van der Waals surface area (Å²) in [6.45, 7) is 8.14. The SMILES string of the molecule is CCCCCCCCCCCCCCCc1cccc(OC(C)C)c1C1C(C(=O)OC)=C(C)N(C)C(N2c3ccccc3NC2S)=C1C(=O)OC. The molecule has 1 N–H and O–H groups in total. The maximum absolute atomic E-state index is 14.2. The maximum atomic E-state index is 14.2. The van der Waals surface area contributed by atoms with Gasteiger partial charge >= 0.3 is 11.9 Å². The van der Waals surface area contributed by atoms with Gasteiger partial charge in [0.1, 0.15) is 11.6 Å². The number of thiol groups is 1. The molecule has 0 saturated heterocycles. The summed E-state index contributed by atoms with van der Waals surface area (Å²) in [6.07, 6.45) is 17.3. The summed E-state index contributed by atoms with van der Waals surface area (Å²) in [5, 5.41) is 3.42. The molecule has 0 radical (unpaired) electrons. The van der Waals surface area contributed by atoms with Gasteiger partial charge in [-0.15, -0.1) is 12.6 Å². The molecule has 0 aromatic heterocycles. The highest BCUT2D eigenvalue weighted by atomic mass is 32.1. The Morgan fingerprint density at radius 3 is 1.96 bits per heavy atom. The summed E-state index contributed by atoms with van der Waals surface area (Å²) in [5.41, 5.74) is 4.52. The Morgan fingerprint density at radius 2 is 1.37 bits per heavy atom. The Balaban J connectivity index is 1.68. The van der Waals surface area contributed by atoms with Gasteiger partial charge in [0.25, 0.3) is 0 Å². The van der Waals surface area contributed by atoms with E-state index in [4.69, 9.17) is 26.8 Å². The summed E-state index contributed by atoms with van der Waals surface area (Å²) < 4.78 is 17.4. The fourth-order valence-electron chi connectivity index (χ4n) is 7.47. The van der Waals surface area contributed by atoms with Gasteiger partial charge in [0.2, 0.25) is 0 Å². The zero-order valence-electron chi connectivity index (χ0n) is 32.1. The smallest absolute Gasteiger partial charge is 0.338 e. The van der Waals surface area contributed by atoms with Crippen LogP contribution in [-0.2, 0) is 25.5 Å². The van der Waals surface area contributed by atoms with Crippen LogP contribution in [0.4, 0.5) is 11.4 Å². The number of hydrogen-bond acceptors (Lipinski definition) is 9. The van der Waals surface area contributed by atoms with E-state index in [1.807, 2.05) is 74.0 Å². The number of esters is 2. The van der Waals surface area contributed by atoms with Crippen molar-refractivity contribution in [2.75, 3.05) is 31.5 Å². The first-order valence-corrected chi connectivity index (χ1v) is 19.6. The third-order valence-corrected chi connectivity index (χ3v) is 10.5. The van der Waals surface area contributed by atoms with Crippen molar-refractivity contribution in [1.82, 2.24) is 4.90 Å². The number of anilines is 2. The molecule has 0 fully saturated rings. The number of allylic oxidation sites excluding steroid dienone is 1. The normalized spacial score (nSPS) is 17.2. The topological polar surface area (TPSA) is 80.3 Å². The number of para-hydroxylation sites is 2. The molecule has 0 saturated carbocycles. The predicted octanol–water partition coefficient (Wildman–Crippen LogP) is 10.1. The summed E-state index contributed by atoms with van der Waals surface area (Å²) in [5.74, 6) is -0.619. The van der Waals surface area contributed by atoms with Gasteiger partial charge in [0, 0.05) is 18.3 Å². The van der Waals surface area contributed by atoms with Crippen LogP contribution in [0, 0.1) is 0 Å². The highest BCUT2D eigenvalue weighted by Crippen LogP contribution is 2.50. The molecule has 2 aromatic carbocycles. The van der Waals surface area contributed by atoms with Crippen LogP contribution in [-0.4, -0.2) is 49.7 Å². The van der Waals surface area contributed by atoms with Crippen LogP contribution < -0.4 is 15.0 Å². The van der Waals surface area contributed by atoms with Crippen molar-refractivity contribution in [3.8, 4) is 5.75 Å². The van der Waals surface area contributed by atoms with Crippen LogP contribution in [0.15, 0.2) is 65.1 Å². The zero-order chi connectivity index (χ0) is 36.9. The average molecular weight is 720 g/mol. The van der Waals surface area contributed by atoms with Gasteiger partial charge in [0.15, 0.2) is 5.50 Å². The third-order valence-electron chi connectivity index (χ3n) is 10.1. The standard InChI is InChI=1S/C42H61N3O5S/c1-8-9-10-11-12-13-14-15-16-17-18-19-20-24-31-25-23-28-34(50-29(2)3)36(31)37-35(40(46)48-6)30(4)44(5)39(38(37)41(47)49-7)45-33-27-22-21-26-32(33)43-42(45)51/h21-23,25-29,37,42-43,51H,8-20,24H2,1-7H3. The van der Waals surface area contributed by atoms with Gasteiger partial charge in [0.05, 0.1) is 48.8 Å². The first-order chi connectivity index (χ1) is 24.7. The fourth-order valence-corrected chi connectivity index (χ4v) is 7.85. The van der Waals surface area contributed by atoms with E-state index in [2.05, 4.69) is 18.3 Å². The second-order valence-electron chi connectivity index (χ2n) is 14.1. The lowest BCUT2D eigenvalue weighted by atomic mass is 9.77. The lowest BCUT2D eigenvalue weighted by molar-refractivity contribution is -0.137. The molecule has 2 heterocycles. The van der Waals surface area contributed by atoms with E-state index in [1.54, 1.807) is 0 Å². The Labute approximate surface area is 312 Å². The van der Waals surface area contributed by atoms with E-state index in [9.17, 15) is 9.59 Å². The molecule has 8 nitrogen and oxygen atoms in total. The van der Waals surface area contributed by atoms with Crippen molar-refractivity contribution >= 4 is 35.9 Å². The minimum atomic E-state index is -0.809. The molecule has 2 unspecified atom stereocenters. The molecule has 4 rings (SSSR count). The lowest BCUT2D eigenvalue weighted by Gasteiger charge is -2.42. The van der Waals surface area contributed by atoms with E-state index in [-0.39, 0.29) is 6.10 Å². The lowest BCUT2D eigenvalue weighted by Crippen LogP contribution is -2.44. The number of fused-ring (bicyclic) bond motifs is 1. The molecule has 280 valence electrons. The molecule has 2 aliphatic heterocycles. The van der Waals surface area contributed by atoms with E-state index in [0.29, 0.717) is 28.4 Å². The third kappa shape index (κ3) is 9.85. The Hall–Kier alpha value is -3.59. The monoisotopic (exact) mass is 719 g/mol. The van der Waals surface area contributed by atoms with E-state index < -0.39 is 23.4 Å². The molecule has 2 atom stereocenters. The number of aryl methyl sites for hydroxylation is 1. The highest BCUT2D eigenvalue weighted by molar-refractivity contribution is 7.81. The molecule has 2 aliphatic rings. The molecule has 0 amide bonds. The van der Waals surface area contributed by atoms with Crippen molar-refractivity contribution in [2.45, 2.75) is 135 Å². The van der Waals surface area contributed by atoms with Gasteiger partial charge in [-0.1, -0.05) is 108 Å².